The number of hydrogen-bond donors (Lipinski definition) is 2. The second-order valence-corrected chi connectivity index (χ2v) is 3.82. The number of nitrogens with zero attached hydrogens (tertiary/aromatic N) is 2. The van der Waals surface area contributed by atoms with Gasteiger partial charge in [-0.05, 0) is 12.5 Å². The maximum Gasteiger partial charge on any atom is 0.339 e. The minimum absolute atomic E-state index is 0.0874. The van der Waals surface area contributed by atoms with Crippen molar-refractivity contribution in [2.24, 2.45) is 0 Å². The van der Waals surface area contributed by atoms with Gasteiger partial charge in [-0.1, -0.05) is 0 Å². The molecule has 2 N–H and O–H groups in total. The molecule has 1 aliphatic heterocycles. The van der Waals surface area contributed by atoms with Crippen LogP contribution in [0.25, 0.3) is 0 Å². The highest BCUT2D eigenvalue weighted by atomic mass is 16.4. The topological polar surface area (TPSA) is 82.5 Å². The van der Waals surface area contributed by atoms with Crippen LogP contribution in [0.2, 0.25) is 0 Å². The molecule has 1 aliphatic rings. The lowest BCUT2D eigenvalue weighted by atomic mass is 10.2. The SMILES string of the molecule is O=C1CN(c2ccncc2C(=O)O)CCCN1. The second kappa shape index (κ2) is 4.82. The van der Waals surface area contributed by atoms with Crippen LogP contribution in [-0.4, -0.2) is 41.6 Å². The van der Waals surface area contributed by atoms with Gasteiger partial charge in [0.05, 0.1) is 12.2 Å². The van der Waals surface area contributed by atoms with E-state index >= 15 is 0 Å². The molecule has 2 rings (SSSR count). The van der Waals surface area contributed by atoms with E-state index in [-0.39, 0.29) is 18.0 Å². The Bertz CT molecular complexity index is 447. The molecule has 1 amide bonds. The predicted molar refractivity (Wildman–Crippen MR) is 61.0 cm³/mol. The summed E-state index contributed by atoms with van der Waals surface area (Å²) in [4.78, 5) is 28.1. The summed E-state index contributed by atoms with van der Waals surface area (Å²) in [6.07, 6.45) is 3.64. The monoisotopic (exact) mass is 235 g/mol. The number of anilines is 1. The van der Waals surface area contributed by atoms with Crippen molar-refractivity contribution in [3.63, 3.8) is 0 Å². The van der Waals surface area contributed by atoms with E-state index in [2.05, 4.69) is 10.3 Å². The van der Waals surface area contributed by atoms with E-state index in [9.17, 15) is 9.59 Å². The third kappa shape index (κ3) is 2.52. The van der Waals surface area contributed by atoms with Gasteiger partial charge in [-0.2, -0.15) is 0 Å². The molecule has 6 heteroatoms. The summed E-state index contributed by atoms with van der Waals surface area (Å²) in [6.45, 7) is 1.47. The Labute approximate surface area is 98.3 Å². The fraction of sp³-hybridized carbons (Fsp3) is 0.364. The fourth-order valence-corrected chi connectivity index (χ4v) is 1.84. The number of nitrogens with one attached hydrogen (secondary N) is 1. The van der Waals surface area contributed by atoms with E-state index in [0.29, 0.717) is 18.8 Å². The fourth-order valence-electron chi connectivity index (χ4n) is 1.84. The molecular formula is C11H13N3O3. The smallest absolute Gasteiger partial charge is 0.339 e. The molecule has 0 bridgehead atoms. The largest absolute Gasteiger partial charge is 0.478 e. The van der Waals surface area contributed by atoms with Gasteiger partial charge in [0.25, 0.3) is 0 Å². The van der Waals surface area contributed by atoms with Crippen LogP contribution < -0.4 is 10.2 Å². The molecule has 0 spiro atoms. The zero-order valence-corrected chi connectivity index (χ0v) is 9.22. The highest BCUT2D eigenvalue weighted by Gasteiger charge is 2.20. The first-order chi connectivity index (χ1) is 8.18. The van der Waals surface area contributed by atoms with Gasteiger partial charge < -0.3 is 15.3 Å². The maximum absolute atomic E-state index is 11.4. The lowest BCUT2D eigenvalue weighted by Crippen LogP contribution is -2.33. The van der Waals surface area contributed by atoms with E-state index in [1.807, 2.05) is 0 Å². The molecule has 1 aromatic rings. The number of carboxylic acids is 1. The number of aromatic nitrogens is 1. The van der Waals surface area contributed by atoms with Crippen LogP contribution in [0, 0.1) is 0 Å². The molecule has 0 unspecified atom stereocenters. The molecule has 0 saturated carbocycles. The molecule has 0 aliphatic carbocycles. The van der Waals surface area contributed by atoms with Gasteiger partial charge in [0.1, 0.15) is 5.56 Å². The zero-order chi connectivity index (χ0) is 12.3. The van der Waals surface area contributed by atoms with Crippen molar-refractivity contribution in [3.8, 4) is 0 Å². The van der Waals surface area contributed by atoms with Crippen LogP contribution in [-0.2, 0) is 4.79 Å². The van der Waals surface area contributed by atoms with Gasteiger partial charge in [0.15, 0.2) is 0 Å². The normalized spacial score (nSPS) is 16.2. The number of hydrogen-bond acceptors (Lipinski definition) is 4. The number of pyridine rings is 1. The molecule has 1 saturated heterocycles. The number of carbonyl (C=O) groups excluding carboxylic acids is 1. The van der Waals surface area contributed by atoms with E-state index in [1.165, 1.54) is 12.4 Å². The van der Waals surface area contributed by atoms with Crippen molar-refractivity contribution >= 4 is 17.6 Å². The van der Waals surface area contributed by atoms with Crippen LogP contribution >= 0.6 is 0 Å². The third-order valence-electron chi connectivity index (χ3n) is 2.63. The highest BCUT2D eigenvalue weighted by Crippen LogP contribution is 2.20. The van der Waals surface area contributed by atoms with Crippen LogP contribution in [0.15, 0.2) is 18.5 Å². The Kier molecular flexibility index (Phi) is 3.22. The molecule has 1 fully saturated rings. The van der Waals surface area contributed by atoms with Crippen LogP contribution in [0.5, 0.6) is 0 Å². The molecule has 0 radical (unpaired) electrons. The minimum atomic E-state index is -1.03. The quantitative estimate of drug-likeness (QED) is 0.760. The zero-order valence-electron chi connectivity index (χ0n) is 9.22. The van der Waals surface area contributed by atoms with E-state index in [1.54, 1.807) is 11.0 Å². The minimum Gasteiger partial charge on any atom is -0.478 e. The first-order valence-electron chi connectivity index (χ1n) is 5.37. The Morgan fingerprint density at radius 1 is 1.53 bits per heavy atom. The third-order valence-corrected chi connectivity index (χ3v) is 2.63. The molecule has 2 heterocycles. The van der Waals surface area contributed by atoms with Gasteiger partial charge in [-0.25, -0.2) is 4.79 Å². The summed E-state index contributed by atoms with van der Waals surface area (Å²) in [6, 6.07) is 1.63. The predicted octanol–water partition coefficient (Wildman–Crippen LogP) is 0.106. The van der Waals surface area contributed by atoms with Gasteiger partial charge in [0.2, 0.25) is 5.91 Å². The van der Waals surface area contributed by atoms with Crippen molar-refractivity contribution in [3.05, 3.63) is 24.0 Å². The number of carboxylic acid groups (broad SMARTS) is 1. The van der Waals surface area contributed by atoms with Gasteiger partial charge >= 0.3 is 5.97 Å². The standard InChI is InChI=1S/C11H13N3O3/c15-10-7-14(5-1-3-13-10)9-2-4-12-6-8(9)11(16)17/h2,4,6H,1,3,5,7H2,(H,13,15)(H,16,17). The van der Waals surface area contributed by atoms with Crippen LogP contribution in [0.4, 0.5) is 5.69 Å². The maximum atomic E-state index is 11.4. The molecular weight excluding hydrogens is 222 g/mol. The van der Waals surface area contributed by atoms with Crippen LogP contribution in [0.1, 0.15) is 16.8 Å². The lowest BCUT2D eigenvalue weighted by Gasteiger charge is -2.22. The lowest BCUT2D eigenvalue weighted by molar-refractivity contribution is -0.119. The van der Waals surface area contributed by atoms with Crippen molar-refractivity contribution in [2.75, 3.05) is 24.5 Å². The summed E-state index contributed by atoms with van der Waals surface area (Å²) in [7, 11) is 0. The van der Waals surface area contributed by atoms with E-state index < -0.39 is 5.97 Å². The second-order valence-electron chi connectivity index (χ2n) is 3.82. The number of aromatic carboxylic acids is 1. The van der Waals surface area contributed by atoms with Gasteiger partial charge in [-0.15, -0.1) is 0 Å². The van der Waals surface area contributed by atoms with E-state index in [0.717, 1.165) is 6.42 Å². The van der Waals surface area contributed by atoms with Gasteiger partial charge in [-0.3, -0.25) is 9.78 Å². The van der Waals surface area contributed by atoms with E-state index in [4.69, 9.17) is 5.11 Å². The molecule has 0 atom stereocenters. The summed E-state index contributed by atoms with van der Waals surface area (Å²) in [5.74, 6) is -1.12. The number of carbonyl (C=O) groups is 2. The highest BCUT2D eigenvalue weighted by molar-refractivity contribution is 5.95. The molecule has 17 heavy (non-hydrogen) atoms. The molecule has 0 aromatic carbocycles. The molecule has 90 valence electrons. The summed E-state index contributed by atoms with van der Waals surface area (Å²) < 4.78 is 0. The first-order valence-corrected chi connectivity index (χ1v) is 5.37. The summed E-state index contributed by atoms with van der Waals surface area (Å²) >= 11 is 0. The Morgan fingerprint density at radius 3 is 3.12 bits per heavy atom. The molecule has 6 nitrogen and oxygen atoms in total. The van der Waals surface area contributed by atoms with Crippen molar-refractivity contribution in [1.29, 1.82) is 0 Å². The average Bonchev–Trinajstić information content (AvgIpc) is 2.54. The Hall–Kier alpha value is -2.11. The van der Waals surface area contributed by atoms with Crippen LogP contribution in [0.3, 0.4) is 0 Å². The average molecular weight is 235 g/mol. The first kappa shape index (κ1) is 11.4. The number of rotatable bonds is 2. The summed E-state index contributed by atoms with van der Waals surface area (Å²) in [5, 5.41) is 11.8. The summed E-state index contributed by atoms with van der Waals surface area (Å²) in [5.41, 5.74) is 0.673. The van der Waals surface area contributed by atoms with Gasteiger partial charge in [0, 0.05) is 25.5 Å². The Morgan fingerprint density at radius 2 is 2.35 bits per heavy atom. The number of amides is 1. The van der Waals surface area contributed by atoms with Crippen molar-refractivity contribution in [2.45, 2.75) is 6.42 Å². The van der Waals surface area contributed by atoms with Crippen molar-refractivity contribution in [1.82, 2.24) is 10.3 Å². The Balaban J connectivity index is 2.31. The molecule has 1 aromatic heterocycles. The van der Waals surface area contributed by atoms with Crippen molar-refractivity contribution < 1.29 is 14.7 Å².